The maximum atomic E-state index is 11.4. The lowest BCUT2D eigenvalue weighted by atomic mass is 10.1. The molecule has 1 fully saturated rings. The number of aromatic nitrogens is 4. The Kier molecular flexibility index (Phi) is 4.01. The summed E-state index contributed by atoms with van der Waals surface area (Å²) in [5.74, 6) is 1.96. The Morgan fingerprint density at radius 2 is 2.48 bits per heavy atom. The van der Waals surface area contributed by atoms with Crippen LogP contribution >= 0.6 is 0 Å². The van der Waals surface area contributed by atoms with Crippen molar-refractivity contribution in [1.29, 1.82) is 0 Å². The highest BCUT2D eigenvalue weighted by atomic mass is 16.5. The van der Waals surface area contributed by atoms with Gasteiger partial charge < -0.3 is 14.6 Å². The van der Waals surface area contributed by atoms with Crippen LogP contribution in [0.5, 0.6) is 0 Å². The summed E-state index contributed by atoms with van der Waals surface area (Å²) in [6.45, 7) is 4.79. The lowest BCUT2D eigenvalue weighted by Gasteiger charge is -2.12. The molecule has 7 heteroatoms. The second-order valence-corrected chi connectivity index (χ2v) is 5.20. The standard InChI is InChI=1S/C14H19N5O2/c1-10-8-12(20)18-14(17-10)16-4-6-19-5-3-15-13(19)11-2-7-21-9-11/h3,5,8,11H,2,4,6-7,9H2,1H3,(H2,16,17,18,20). The van der Waals surface area contributed by atoms with E-state index in [4.69, 9.17) is 4.74 Å². The zero-order chi connectivity index (χ0) is 14.7. The molecule has 0 saturated carbocycles. The number of nitrogens with zero attached hydrogens (tertiary/aromatic N) is 3. The fourth-order valence-corrected chi connectivity index (χ4v) is 2.57. The van der Waals surface area contributed by atoms with Crippen molar-refractivity contribution in [2.75, 3.05) is 25.1 Å². The van der Waals surface area contributed by atoms with Gasteiger partial charge in [0, 0.05) is 49.8 Å². The number of H-pyrrole nitrogens is 1. The van der Waals surface area contributed by atoms with Crippen LogP contribution in [-0.2, 0) is 11.3 Å². The highest BCUT2D eigenvalue weighted by Gasteiger charge is 2.21. The van der Waals surface area contributed by atoms with E-state index in [-0.39, 0.29) is 5.56 Å². The second kappa shape index (κ2) is 6.09. The number of aromatic amines is 1. The molecular weight excluding hydrogens is 270 g/mol. The van der Waals surface area contributed by atoms with E-state index < -0.39 is 0 Å². The van der Waals surface area contributed by atoms with Crippen molar-refractivity contribution in [3.63, 3.8) is 0 Å². The second-order valence-electron chi connectivity index (χ2n) is 5.20. The monoisotopic (exact) mass is 289 g/mol. The average Bonchev–Trinajstić information content (AvgIpc) is 3.07. The van der Waals surface area contributed by atoms with Gasteiger partial charge in [-0.2, -0.15) is 0 Å². The highest BCUT2D eigenvalue weighted by molar-refractivity contribution is 5.24. The van der Waals surface area contributed by atoms with Crippen LogP contribution in [0.3, 0.4) is 0 Å². The van der Waals surface area contributed by atoms with E-state index in [1.807, 2.05) is 12.4 Å². The number of nitrogens with one attached hydrogen (secondary N) is 2. The third-order valence-corrected chi connectivity index (χ3v) is 3.56. The van der Waals surface area contributed by atoms with Gasteiger partial charge in [-0.1, -0.05) is 0 Å². The molecule has 0 aliphatic carbocycles. The Balaban J connectivity index is 1.60. The minimum atomic E-state index is -0.142. The molecule has 21 heavy (non-hydrogen) atoms. The van der Waals surface area contributed by atoms with Crippen molar-refractivity contribution < 1.29 is 4.74 Å². The normalized spacial score (nSPS) is 18.0. The molecule has 1 saturated heterocycles. The first-order valence-electron chi connectivity index (χ1n) is 7.13. The van der Waals surface area contributed by atoms with Crippen LogP contribution in [0.25, 0.3) is 0 Å². The maximum Gasteiger partial charge on any atom is 0.252 e. The van der Waals surface area contributed by atoms with E-state index in [0.29, 0.717) is 24.1 Å². The summed E-state index contributed by atoms with van der Waals surface area (Å²) in [6, 6.07) is 1.47. The average molecular weight is 289 g/mol. The van der Waals surface area contributed by atoms with Crippen LogP contribution in [0.2, 0.25) is 0 Å². The van der Waals surface area contributed by atoms with Crippen LogP contribution in [-0.4, -0.2) is 39.3 Å². The number of ether oxygens (including phenoxy) is 1. The molecule has 112 valence electrons. The van der Waals surface area contributed by atoms with Gasteiger partial charge in [-0.3, -0.25) is 9.78 Å². The molecule has 0 aromatic carbocycles. The zero-order valence-corrected chi connectivity index (χ0v) is 12.0. The minimum absolute atomic E-state index is 0.142. The van der Waals surface area contributed by atoms with Gasteiger partial charge in [0.1, 0.15) is 5.82 Å². The Labute approximate surface area is 122 Å². The third-order valence-electron chi connectivity index (χ3n) is 3.56. The maximum absolute atomic E-state index is 11.4. The fourth-order valence-electron chi connectivity index (χ4n) is 2.57. The summed E-state index contributed by atoms with van der Waals surface area (Å²) in [5, 5.41) is 3.14. The molecule has 0 amide bonds. The first-order chi connectivity index (χ1) is 10.2. The van der Waals surface area contributed by atoms with Gasteiger partial charge in [-0.05, 0) is 13.3 Å². The molecular formula is C14H19N5O2. The molecule has 0 bridgehead atoms. The fraction of sp³-hybridized carbons (Fsp3) is 0.500. The van der Waals surface area contributed by atoms with Gasteiger partial charge >= 0.3 is 0 Å². The molecule has 3 rings (SSSR count). The lowest BCUT2D eigenvalue weighted by molar-refractivity contribution is 0.192. The van der Waals surface area contributed by atoms with E-state index in [1.54, 1.807) is 6.92 Å². The summed E-state index contributed by atoms with van der Waals surface area (Å²) < 4.78 is 7.54. The summed E-state index contributed by atoms with van der Waals surface area (Å²) >= 11 is 0. The molecule has 0 radical (unpaired) electrons. The van der Waals surface area contributed by atoms with Crippen LogP contribution in [0.4, 0.5) is 5.95 Å². The van der Waals surface area contributed by atoms with Crippen LogP contribution in [0, 0.1) is 6.92 Å². The summed E-state index contributed by atoms with van der Waals surface area (Å²) in [6.07, 6.45) is 4.82. The van der Waals surface area contributed by atoms with Gasteiger partial charge in [0.15, 0.2) is 0 Å². The van der Waals surface area contributed by atoms with Crippen molar-refractivity contribution in [3.05, 3.63) is 40.3 Å². The number of anilines is 1. The molecule has 3 heterocycles. The molecule has 7 nitrogen and oxygen atoms in total. The molecule has 2 N–H and O–H groups in total. The van der Waals surface area contributed by atoms with Crippen LogP contribution < -0.4 is 10.9 Å². The van der Waals surface area contributed by atoms with Crippen molar-refractivity contribution in [2.45, 2.75) is 25.8 Å². The van der Waals surface area contributed by atoms with Crippen molar-refractivity contribution in [2.24, 2.45) is 0 Å². The molecule has 1 unspecified atom stereocenters. The first-order valence-corrected chi connectivity index (χ1v) is 7.13. The van der Waals surface area contributed by atoms with Gasteiger partial charge in [0.05, 0.1) is 6.61 Å². The van der Waals surface area contributed by atoms with E-state index in [2.05, 4.69) is 24.8 Å². The van der Waals surface area contributed by atoms with E-state index in [1.165, 1.54) is 6.07 Å². The molecule has 1 aliphatic rings. The van der Waals surface area contributed by atoms with E-state index in [9.17, 15) is 4.79 Å². The summed E-state index contributed by atoms with van der Waals surface area (Å²) in [5.41, 5.74) is 0.559. The summed E-state index contributed by atoms with van der Waals surface area (Å²) in [7, 11) is 0. The van der Waals surface area contributed by atoms with Gasteiger partial charge in [-0.15, -0.1) is 0 Å². The van der Waals surface area contributed by atoms with Gasteiger partial charge in [0.2, 0.25) is 5.95 Å². The van der Waals surface area contributed by atoms with Crippen molar-refractivity contribution in [1.82, 2.24) is 19.5 Å². The first kappa shape index (κ1) is 13.8. The number of hydrogen-bond acceptors (Lipinski definition) is 5. The van der Waals surface area contributed by atoms with Crippen LogP contribution in [0.1, 0.15) is 23.9 Å². The molecule has 2 aromatic rings. The third kappa shape index (κ3) is 3.30. The van der Waals surface area contributed by atoms with Gasteiger partial charge in [-0.25, -0.2) is 9.97 Å². The Morgan fingerprint density at radius 1 is 1.57 bits per heavy atom. The number of hydrogen-bond donors (Lipinski definition) is 2. The number of imidazole rings is 1. The minimum Gasteiger partial charge on any atom is -0.381 e. The molecule has 0 spiro atoms. The van der Waals surface area contributed by atoms with E-state index in [0.717, 1.165) is 32.0 Å². The lowest BCUT2D eigenvalue weighted by Crippen LogP contribution is -2.18. The predicted octanol–water partition coefficient (Wildman–Crippen LogP) is 0.891. The summed E-state index contributed by atoms with van der Waals surface area (Å²) in [4.78, 5) is 22.7. The number of rotatable bonds is 5. The smallest absolute Gasteiger partial charge is 0.252 e. The topological polar surface area (TPSA) is 84.8 Å². The quantitative estimate of drug-likeness (QED) is 0.854. The SMILES string of the molecule is Cc1cc(=O)[nH]c(NCCn2ccnc2C2CCOC2)n1. The zero-order valence-electron chi connectivity index (χ0n) is 12.0. The van der Waals surface area contributed by atoms with E-state index >= 15 is 0 Å². The Bertz CT molecular complexity index is 657. The van der Waals surface area contributed by atoms with Crippen molar-refractivity contribution in [3.8, 4) is 0 Å². The van der Waals surface area contributed by atoms with Crippen LogP contribution in [0.15, 0.2) is 23.3 Å². The largest absolute Gasteiger partial charge is 0.381 e. The Hall–Kier alpha value is -2.15. The molecule has 1 atom stereocenters. The van der Waals surface area contributed by atoms with Crippen molar-refractivity contribution >= 4 is 5.95 Å². The number of aryl methyl sites for hydroxylation is 1. The van der Waals surface area contributed by atoms with Gasteiger partial charge in [0.25, 0.3) is 5.56 Å². The highest BCUT2D eigenvalue weighted by Crippen LogP contribution is 2.23. The predicted molar refractivity (Wildman–Crippen MR) is 78.5 cm³/mol. The Morgan fingerprint density at radius 3 is 3.24 bits per heavy atom. The molecule has 2 aromatic heterocycles. The molecule has 1 aliphatic heterocycles.